The number of fused-ring (bicyclic) bond motifs is 1. The number of hydrogen-bond acceptors (Lipinski definition) is 7. The number of hydrogen-bond donors (Lipinski definition) is 2. The van der Waals surface area contributed by atoms with Crippen LogP contribution in [-0.2, 0) is 23.9 Å². The Balaban J connectivity index is 1.89. The molecule has 2 N–H and O–H groups in total. The molecule has 9 nitrogen and oxygen atoms in total. The lowest BCUT2D eigenvalue weighted by molar-refractivity contribution is -0.175. The average molecular weight is 473 g/mol. The minimum Gasteiger partial charge on any atom is -0.427 e. The molecule has 1 aromatic rings. The van der Waals surface area contributed by atoms with Crippen LogP contribution in [0.4, 0.5) is 0 Å². The Morgan fingerprint density at radius 1 is 1.24 bits per heavy atom. The van der Waals surface area contributed by atoms with Gasteiger partial charge in [-0.05, 0) is 63.8 Å². The first-order valence-electron chi connectivity index (χ1n) is 11.4. The molecule has 0 spiro atoms. The zero-order valence-electron chi connectivity index (χ0n) is 20.2. The van der Waals surface area contributed by atoms with Crippen LogP contribution in [0.3, 0.4) is 0 Å². The summed E-state index contributed by atoms with van der Waals surface area (Å²) in [6, 6.07) is 6.42. The molecule has 3 rings (SSSR count). The number of amides is 2. The fraction of sp³-hybridized carbons (Fsp3) is 0.520. The molecule has 3 atom stereocenters. The minimum absolute atomic E-state index is 0.0461. The van der Waals surface area contributed by atoms with E-state index in [0.717, 1.165) is 6.42 Å². The van der Waals surface area contributed by atoms with Gasteiger partial charge >= 0.3 is 11.9 Å². The minimum atomic E-state index is -0.871. The smallest absolute Gasteiger partial charge is 0.358 e. The summed E-state index contributed by atoms with van der Waals surface area (Å²) in [7, 11) is 0. The number of β-lactam (4-membered cyclic amide) rings is 1. The fourth-order valence-electron chi connectivity index (χ4n) is 4.13. The zero-order valence-corrected chi connectivity index (χ0v) is 20.2. The van der Waals surface area contributed by atoms with Crippen LogP contribution in [0.2, 0.25) is 0 Å². The molecule has 0 saturated carbocycles. The Hall–Kier alpha value is -3.20. The van der Waals surface area contributed by atoms with E-state index in [-0.39, 0.29) is 23.6 Å². The molecule has 34 heavy (non-hydrogen) atoms. The Labute approximate surface area is 199 Å². The predicted molar refractivity (Wildman–Crippen MR) is 123 cm³/mol. The van der Waals surface area contributed by atoms with E-state index in [4.69, 9.17) is 9.47 Å². The second kappa shape index (κ2) is 9.97. The molecule has 9 heteroatoms. The van der Waals surface area contributed by atoms with E-state index in [9.17, 15) is 24.3 Å². The highest BCUT2D eigenvalue weighted by Crippen LogP contribution is 2.47. The highest BCUT2D eigenvalue weighted by molar-refractivity contribution is 6.07. The van der Waals surface area contributed by atoms with Crippen molar-refractivity contribution in [3.63, 3.8) is 0 Å². The topological polar surface area (TPSA) is 122 Å². The van der Waals surface area contributed by atoms with Crippen LogP contribution in [0.5, 0.6) is 0 Å². The lowest BCUT2D eigenvalue weighted by atomic mass is 9.82. The first-order chi connectivity index (χ1) is 16.0. The molecule has 0 aromatic heterocycles. The van der Waals surface area contributed by atoms with Gasteiger partial charge in [-0.1, -0.05) is 19.1 Å². The third-order valence-corrected chi connectivity index (χ3v) is 5.92. The number of ether oxygens (including phenoxy) is 2. The second-order valence-electron chi connectivity index (χ2n) is 9.64. The van der Waals surface area contributed by atoms with Crippen LogP contribution in [0.25, 0.3) is 5.57 Å². The SMILES string of the molecule is CCCNC(=O)c1cccc(C2=C(C(=O)OCOC(=O)C(C)(C)C)N3C(=O)C(C(C)O)C3C2)c1. The number of aliphatic hydroxyl groups excluding tert-OH is 1. The Bertz CT molecular complexity index is 1020. The third-order valence-electron chi connectivity index (χ3n) is 5.92. The van der Waals surface area contributed by atoms with Crippen molar-refractivity contribution >= 4 is 29.3 Å². The largest absolute Gasteiger partial charge is 0.427 e. The van der Waals surface area contributed by atoms with Crippen LogP contribution in [0.1, 0.15) is 63.4 Å². The summed E-state index contributed by atoms with van der Waals surface area (Å²) in [6.45, 7) is 8.49. The molecule has 0 aliphatic carbocycles. The van der Waals surface area contributed by atoms with Gasteiger partial charge in [-0.15, -0.1) is 0 Å². The number of rotatable bonds is 8. The number of nitrogens with zero attached hydrogens (tertiary/aromatic N) is 1. The Morgan fingerprint density at radius 3 is 2.56 bits per heavy atom. The highest BCUT2D eigenvalue weighted by atomic mass is 16.7. The van der Waals surface area contributed by atoms with Crippen molar-refractivity contribution in [1.82, 2.24) is 10.2 Å². The van der Waals surface area contributed by atoms with Gasteiger partial charge in [0.1, 0.15) is 5.70 Å². The van der Waals surface area contributed by atoms with E-state index in [1.54, 1.807) is 52.0 Å². The zero-order chi connectivity index (χ0) is 25.2. The summed E-state index contributed by atoms with van der Waals surface area (Å²) in [5.74, 6) is -2.57. The van der Waals surface area contributed by atoms with Crippen LogP contribution in [0.15, 0.2) is 30.0 Å². The summed E-state index contributed by atoms with van der Waals surface area (Å²) in [6.07, 6.45) is 0.253. The summed E-state index contributed by atoms with van der Waals surface area (Å²) >= 11 is 0. The van der Waals surface area contributed by atoms with E-state index in [2.05, 4.69) is 5.32 Å². The van der Waals surface area contributed by atoms with Crippen LogP contribution in [0, 0.1) is 11.3 Å². The molecule has 0 bridgehead atoms. The molecular weight excluding hydrogens is 440 g/mol. The van der Waals surface area contributed by atoms with Crippen molar-refractivity contribution in [3.05, 3.63) is 41.1 Å². The maximum atomic E-state index is 13.0. The number of carbonyl (C=O) groups is 4. The summed E-state index contributed by atoms with van der Waals surface area (Å²) < 4.78 is 10.2. The number of esters is 2. The van der Waals surface area contributed by atoms with Gasteiger partial charge in [-0.3, -0.25) is 14.4 Å². The van der Waals surface area contributed by atoms with Crippen molar-refractivity contribution < 1.29 is 33.8 Å². The van der Waals surface area contributed by atoms with Gasteiger partial charge in [-0.25, -0.2) is 4.79 Å². The van der Waals surface area contributed by atoms with Crippen LogP contribution >= 0.6 is 0 Å². The van der Waals surface area contributed by atoms with Crippen molar-refractivity contribution in [2.75, 3.05) is 13.3 Å². The van der Waals surface area contributed by atoms with E-state index < -0.39 is 36.2 Å². The molecule has 0 radical (unpaired) electrons. The molecule has 1 fully saturated rings. The van der Waals surface area contributed by atoms with Gasteiger partial charge in [0.15, 0.2) is 0 Å². The van der Waals surface area contributed by atoms with E-state index in [1.165, 1.54) is 4.90 Å². The third kappa shape index (κ3) is 4.99. The normalized spacial score (nSPS) is 20.4. The lowest BCUT2D eigenvalue weighted by Gasteiger charge is -2.44. The summed E-state index contributed by atoms with van der Waals surface area (Å²) in [5.41, 5.74) is 0.863. The molecule has 1 aromatic carbocycles. The number of aliphatic hydroxyl groups is 1. The molecule has 184 valence electrons. The van der Waals surface area contributed by atoms with Crippen molar-refractivity contribution in [2.24, 2.45) is 11.3 Å². The maximum absolute atomic E-state index is 13.0. The molecule has 2 aliphatic heterocycles. The second-order valence-corrected chi connectivity index (χ2v) is 9.64. The van der Waals surface area contributed by atoms with Crippen LogP contribution < -0.4 is 5.32 Å². The summed E-state index contributed by atoms with van der Waals surface area (Å²) in [5, 5.41) is 12.9. The molecule has 1 saturated heterocycles. The molecular formula is C25H32N2O7. The van der Waals surface area contributed by atoms with Gasteiger partial charge < -0.3 is 24.8 Å². The number of benzene rings is 1. The van der Waals surface area contributed by atoms with Gasteiger partial charge in [0.2, 0.25) is 12.7 Å². The Kier molecular flexibility index (Phi) is 7.45. The summed E-state index contributed by atoms with van der Waals surface area (Å²) in [4.78, 5) is 51.5. The molecule has 3 unspecified atom stereocenters. The molecule has 2 heterocycles. The van der Waals surface area contributed by atoms with Gasteiger partial charge in [0, 0.05) is 12.1 Å². The van der Waals surface area contributed by atoms with Gasteiger partial charge in [0.05, 0.1) is 23.5 Å². The number of nitrogens with one attached hydrogen (secondary N) is 1. The number of carbonyl (C=O) groups excluding carboxylic acids is 4. The van der Waals surface area contributed by atoms with E-state index in [1.807, 2.05) is 6.92 Å². The average Bonchev–Trinajstić information content (AvgIpc) is 3.11. The van der Waals surface area contributed by atoms with Crippen molar-refractivity contribution in [2.45, 2.75) is 59.6 Å². The highest BCUT2D eigenvalue weighted by Gasteiger charge is 2.57. The lowest BCUT2D eigenvalue weighted by Crippen LogP contribution is -2.61. The van der Waals surface area contributed by atoms with Gasteiger partial charge in [0.25, 0.3) is 5.91 Å². The van der Waals surface area contributed by atoms with Crippen molar-refractivity contribution in [3.8, 4) is 0 Å². The van der Waals surface area contributed by atoms with Gasteiger partial charge in [-0.2, -0.15) is 0 Å². The fourth-order valence-corrected chi connectivity index (χ4v) is 4.13. The standard InChI is InChI=1S/C25H32N2O7/c1-6-10-26-21(29)16-9-7-8-15(11-16)17-12-18-19(14(2)28)22(30)27(18)20(17)23(31)33-13-34-24(32)25(3,4)5/h7-9,11,14,18-19,28H,6,10,12-13H2,1-5H3,(H,26,29). The van der Waals surface area contributed by atoms with Crippen LogP contribution in [-0.4, -0.2) is 59.2 Å². The molecule has 2 amide bonds. The van der Waals surface area contributed by atoms with Crippen molar-refractivity contribution in [1.29, 1.82) is 0 Å². The quantitative estimate of drug-likeness (QED) is 0.338. The predicted octanol–water partition coefficient (Wildman–Crippen LogP) is 2.24. The monoisotopic (exact) mass is 472 g/mol. The Morgan fingerprint density at radius 2 is 1.94 bits per heavy atom. The molecule has 2 aliphatic rings. The first-order valence-corrected chi connectivity index (χ1v) is 11.4. The first kappa shape index (κ1) is 25.4. The maximum Gasteiger partial charge on any atom is 0.358 e. The van der Waals surface area contributed by atoms with E-state index in [0.29, 0.717) is 29.7 Å². The van der Waals surface area contributed by atoms with E-state index >= 15 is 0 Å².